The van der Waals surface area contributed by atoms with E-state index >= 15 is 0 Å². The molecule has 1 nitrogen and oxygen atoms in total. The molecule has 0 N–H and O–H groups in total. The number of nitrogens with zero attached hydrogens (tertiary/aromatic N) is 1. The molecule has 3 aliphatic rings. The van der Waals surface area contributed by atoms with Gasteiger partial charge >= 0.3 is 0 Å². The standard InChI is InChI=1S/C66H51N/c1-44-15-12-27-61-64(44)59-42-41-54(43-63(59)66(61)60-26-11-10-24-57(60)58-25-13-20-51-21-14-28-62(66)65(51)58)67(52-37-33-48(34-38-52)47-31-29-46(30-32-47)45-16-4-2-5-17-45)53-39-35-50(36-40-53)56-23-9-8-22-55(56)49-18-6-3-7-19-49/h3,6-15,18-43,45H,2,4-5,16-17H2,1H3. The first kappa shape index (κ1) is 39.6. The summed E-state index contributed by atoms with van der Waals surface area (Å²) in [5.74, 6) is 0.699. The topological polar surface area (TPSA) is 3.24 Å². The van der Waals surface area contributed by atoms with Crippen LogP contribution >= 0.6 is 0 Å². The summed E-state index contributed by atoms with van der Waals surface area (Å²) in [5.41, 5.74) is 23.7. The Hall–Kier alpha value is -7.74. The van der Waals surface area contributed by atoms with E-state index in [4.69, 9.17) is 0 Å². The molecule has 0 aromatic heterocycles. The van der Waals surface area contributed by atoms with Crippen LogP contribution in [0.25, 0.3) is 66.4 Å². The lowest BCUT2D eigenvalue weighted by Gasteiger charge is -2.40. The molecule has 0 amide bonds. The summed E-state index contributed by atoms with van der Waals surface area (Å²) in [4.78, 5) is 2.47. The zero-order chi connectivity index (χ0) is 44.5. The third-order valence-corrected chi connectivity index (χ3v) is 15.4. The molecule has 0 aliphatic heterocycles. The summed E-state index contributed by atoms with van der Waals surface area (Å²) in [6.45, 7) is 2.29. The van der Waals surface area contributed by atoms with E-state index in [1.807, 2.05) is 0 Å². The highest BCUT2D eigenvalue weighted by molar-refractivity contribution is 6.07. The van der Waals surface area contributed by atoms with Crippen LogP contribution in [0.5, 0.6) is 0 Å². The van der Waals surface area contributed by atoms with Crippen LogP contribution in [-0.2, 0) is 5.41 Å². The number of anilines is 3. The molecular formula is C66H51N. The SMILES string of the molecule is Cc1cccc2c1-c1ccc(N(c3ccc(-c4ccc(C5CCCCC5)cc4)cc3)c3ccc(-c4ccccc4-c4ccccc4)cc3)cc1C21c2ccccc2-c2cccc3cccc1c23. The van der Waals surface area contributed by atoms with Crippen molar-refractivity contribution in [3.05, 3.63) is 258 Å². The molecular weight excluding hydrogens is 807 g/mol. The number of hydrogen-bond donors (Lipinski definition) is 0. The molecule has 13 rings (SSSR count). The van der Waals surface area contributed by atoms with E-state index in [0.29, 0.717) is 5.92 Å². The van der Waals surface area contributed by atoms with Gasteiger partial charge in [0.1, 0.15) is 0 Å². The predicted octanol–water partition coefficient (Wildman–Crippen LogP) is 18.0. The summed E-state index contributed by atoms with van der Waals surface area (Å²) in [6, 6.07) is 84.6. The Morgan fingerprint density at radius 1 is 0.373 bits per heavy atom. The van der Waals surface area contributed by atoms with Crippen molar-refractivity contribution < 1.29 is 0 Å². The Kier molecular flexibility index (Phi) is 9.46. The van der Waals surface area contributed by atoms with Crippen LogP contribution in [0.4, 0.5) is 17.1 Å². The van der Waals surface area contributed by atoms with E-state index < -0.39 is 5.41 Å². The van der Waals surface area contributed by atoms with E-state index in [9.17, 15) is 0 Å². The lowest BCUT2D eigenvalue weighted by Crippen LogP contribution is -2.32. The Morgan fingerprint density at radius 2 is 0.910 bits per heavy atom. The Balaban J connectivity index is 0.987. The molecule has 0 saturated heterocycles. The molecule has 3 aliphatic carbocycles. The van der Waals surface area contributed by atoms with Crippen LogP contribution in [0.1, 0.15) is 71.4 Å². The maximum absolute atomic E-state index is 2.52. The normalized spacial score (nSPS) is 15.8. The minimum atomic E-state index is -0.512. The second-order valence-corrected chi connectivity index (χ2v) is 19.0. The fourth-order valence-electron chi connectivity index (χ4n) is 12.4. The number of rotatable bonds is 7. The zero-order valence-corrected chi connectivity index (χ0v) is 37.9. The number of hydrogen-bond acceptors (Lipinski definition) is 1. The molecule has 10 aromatic carbocycles. The Labute approximate surface area is 394 Å². The maximum atomic E-state index is 2.52. The first-order valence-electron chi connectivity index (χ1n) is 24.3. The Morgan fingerprint density at radius 3 is 1.63 bits per heavy atom. The van der Waals surface area contributed by atoms with Crippen LogP contribution in [0.3, 0.4) is 0 Å². The molecule has 0 radical (unpaired) electrons. The van der Waals surface area contributed by atoms with Gasteiger partial charge in [-0.1, -0.05) is 207 Å². The van der Waals surface area contributed by atoms with Crippen molar-refractivity contribution in [2.75, 3.05) is 4.90 Å². The number of fused-ring (bicyclic) bond motifs is 9. The van der Waals surface area contributed by atoms with E-state index in [1.165, 1.54) is 132 Å². The average Bonchev–Trinajstić information content (AvgIpc) is 3.70. The molecule has 0 bridgehead atoms. The lowest BCUT2D eigenvalue weighted by molar-refractivity contribution is 0.443. The van der Waals surface area contributed by atoms with Crippen molar-refractivity contribution in [1.29, 1.82) is 0 Å². The molecule has 320 valence electrons. The number of aryl methyl sites for hydroxylation is 1. The second-order valence-electron chi connectivity index (χ2n) is 19.0. The van der Waals surface area contributed by atoms with Gasteiger partial charge < -0.3 is 4.90 Å². The Bertz CT molecular complexity index is 3480. The van der Waals surface area contributed by atoms with Gasteiger partial charge in [-0.25, -0.2) is 0 Å². The molecule has 0 heterocycles. The van der Waals surface area contributed by atoms with Gasteiger partial charge in [0.25, 0.3) is 0 Å². The van der Waals surface area contributed by atoms with Crippen molar-refractivity contribution in [3.8, 4) is 55.6 Å². The third-order valence-electron chi connectivity index (χ3n) is 15.4. The first-order valence-corrected chi connectivity index (χ1v) is 24.3. The van der Waals surface area contributed by atoms with Gasteiger partial charge in [0.15, 0.2) is 0 Å². The highest BCUT2D eigenvalue weighted by Crippen LogP contribution is 2.63. The van der Waals surface area contributed by atoms with Crippen molar-refractivity contribution >= 4 is 27.8 Å². The predicted molar refractivity (Wildman–Crippen MR) is 282 cm³/mol. The minimum absolute atomic E-state index is 0.512. The average molecular weight is 858 g/mol. The number of benzene rings is 10. The van der Waals surface area contributed by atoms with Gasteiger partial charge in [0, 0.05) is 17.1 Å². The van der Waals surface area contributed by atoms with Crippen LogP contribution in [0.15, 0.2) is 224 Å². The van der Waals surface area contributed by atoms with E-state index in [1.54, 1.807) is 0 Å². The van der Waals surface area contributed by atoms with Crippen LogP contribution in [-0.4, -0.2) is 0 Å². The second kappa shape index (κ2) is 16.0. The van der Waals surface area contributed by atoms with Crippen molar-refractivity contribution in [1.82, 2.24) is 0 Å². The van der Waals surface area contributed by atoms with E-state index in [0.717, 1.165) is 17.1 Å². The molecule has 10 aromatic rings. The van der Waals surface area contributed by atoms with E-state index in [-0.39, 0.29) is 0 Å². The van der Waals surface area contributed by atoms with Gasteiger partial charge in [-0.3, -0.25) is 0 Å². The van der Waals surface area contributed by atoms with Gasteiger partial charge in [0.05, 0.1) is 5.41 Å². The van der Waals surface area contributed by atoms with Gasteiger partial charge in [-0.15, -0.1) is 0 Å². The van der Waals surface area contributed by atoms with Crippen molar-refractivity contribution in [2.24, 2.45) is 0 Å². The summed E-state index contributed by atoms with van der Waals surface area (Å²) in [5, 5.41) is 2.63. The monoisotopic (exact) mass is 857 g/mol. The lowest BCUT2D eigenvalue weighted by atomic mass is 9.61. The smallest absolute Gasteiger partial charge is 0.0726 e. The largest absolute Gasteiger partial charge is 0.310 e. The third kappa shape index (κ3) is 6.29. The molecule has 1 saturated carbocycles. The van der Waals surface area contributed by atoms with Gasteiger partial charge in [-0.05, 0) is 162 Å². The van der Waals surface area contributed by atoms with Crippen molar-refractivity contribution in [2.45, 2.75) is 50.4 Å². The van der Waals surface area contributed by atoms with Gasteiger partial charge in [0.2, 0.25) is 0 Å². The molecule has 67 heavy (non-hydrogen) atoms. The van der Waals surface area contributed by atoms with Crippen molar-refractivity contribution in [3.63, 3.8) is 0 Å². The van der Waals surface area contributed by atoms with Crippen LogP contribution in [0, 0.1) is 6.92 Å². The molecule has 1 fully saturated rings. The minimum Gasteiger partial charge on any atom is -0.310 e. The van der Waals surface area contributed by atoms with Crippen LogP contribution in [0.2, 0.25) is 0 Å². The highest BCUT2D eigenvalue weighted by Gasteiger charge is 2.50. The first-order chi connectivity index (χ1) is 33.1. The summed E-state index contributed by atoms with van der Waals surface area (Å²) in [7, 11) is 0. The quantitative estimate of drug-likeness (QED) is 0.154. The molecule has 1 heteroatoms. The fourth-order valence-corrected chi connectivity index (χ4v) is 12.4. The highest BCUT2D eigenvalue weighted by atomic mass is 15.1. The zero-order valence-electron chi connectivity index (χ0n) is 37.9. The van der Waals surface area contributed by atoms with E-state index in [2.05, 4.69) is 236 Å². The maximum Gasteiger partial charge on any atom is 0.0726 e. The molecule has 1 atom stereocenters. The fraction of sp³-hybridized carbons (Fsp3) is 0.121. The summed E-state index contributed by atoms with van der Waals surface area (Å²) in [6.07, 6.45) is 6.71. The van der Waals surface area contributed by atoms with Gasteiger partial charge in [-0.2, -0.15) is 0 Å². The van der Waals surface area contributed by atoms with Crippen LogP contribution < -0.4 is 4.90 Å². The summed E-state index contributed by atoms with van der Waals surface area (Å²) >= 11 is 0. The molecule has 1 unspecified atom stereocenters. The molecule has 1 spiro atoms. The summed E-state index contributed by atoms with van der Waals surface area (Å²) < 4.78 is 0.